The SMILES string of the molecule is CC(C)NCC(C)C(C)N1CCC(N2CCCC2)C1. The minimum Gasteiger partial charge on any atom is -0.314 e. The van der Waals surface area contributed by atoms with E-state index in [1.807, 2.05) is 0 Å². The van der Waals surface area contributed by atoms with Gasteiger partial charge in [-0.1, -0.05) is 20.8 Å². The maximum Gasteiger partial charge on any atom is 0.0235 e. The van der Waals surface area contributed by atoms with Crippen LogP contribution in [-0.4, -0.2) is 60.6 Å². The zero-order chi connectivity index (χ0) is 13.8. The molecule has 2 fully saturated rings. The van der Waals surface area contributed by atoms with E-state index in [1.165, 1.54) is 45.4 Å². The van der Waals surface area contributed by atoms with Gasteiger partial charge in [-0.3, -0.25) is 9.80 Å². The van der Waals surface area contributed by atoms with Crippen molar-refractivity contribution in [3.05, 3.63) is 0 Å². The Morgan fingerprint density at radius 1 is 1.05 bits per heavy atom. The molecule has 0 aliphatic carbocycles. The van der Waals surface area contributed by atoms with Crippen LogP contribution in [0.4, 0.5) is 0 Å². The van der Waals surface area contributed by atoms with Crippen molar-refractivity contribution >= 4 is 0 Å². The summed E-state index contributed by atoms with van der Waals surface area (Å²) in [4.78, 5) is 5.44. The minimum absolute atomic E-state index is 0.602. The average molecular weight is 267 g/mol. The lowest BCUT2D eigenvalue weighted by Gasteiger charge is -2.31. The molecule has 2 heterocycles. The Kier molecular flexibility index (Phi) is 5.67. The molecule has 2 aliphatic heterocycles. The van der Waals surface area contributed by atoms with Crippen LogP contribution in [-0.2, 0) is 0 Å². The van der Waals surface area contributed by atoms with Crippen molar-refractivity contribution in [3.63, 3.8) is 0 Å². The van der Waals surface area contributed by atoms with Crippen molar-refractivity contribution in [2.75, 3.05) is 32.7 Å². The highest BCUT2D eigenvalue weighted by Crippen LogP contribution is 2.23. The molecule has 0 amide bonds. The van der Waals surface area contributed by atoms with Gasteiger partial charge in [0.1, 0.15) is 0 Å². The predicted molar refractivity (Wildman–Crippen MR) is 82.5 cm³/mol. The molecular formula is C16H33N3. The molecule has 0 radical (unpaired) electrons. The Bertz CT molecular complexity index is 261. The molecule has 19 heavy (non-hydrogen) atoms. The van der Waals surface area contributed by atoms with Crippen molar-refractivity contribution < 1.29 is 0 Å². The minimum atomic E-state index is 0.602. The van der Waals surface area contributed by atoms with Crippen LogP contribution < -0.4 is 5.32 Å². The summed E-state index contributed by atoms with van der Waals surface area (Å²) in [5.74, 6) is 0.736. The van der Waals surface area contributed by atoms with Gasteiger partial charge in [0.2, 0.25) is 0 Å². The lowest BCUT2D eigenvalue weighted by Crippen LogP contribution is -2.43. The summed E-state index contributed by atoms with van der Waals surface area (Å²) in [5.41, 5.74) is 0. The van der Waals surface area contributed by atoms with Crippen molar-refractivity contribution in [1.82, 2.24) is 15.1 Å². The highest BCUT2D eigenvalue weighted by Gasteiger charge is 2.32. The average Bonchev–Trinajstić information content (AvgIpc) is 3.04. The molecule has 2 rings (SSSR count). The van der Waals surface area contributed by atoms with Crippen LogP contribution >= 0.6 is 0 Å². The monoisotopic (exact) mass is 267 g/mol. The first-order chi connectivity index (χ1) is 9.08. The van der Waals surface area contributed by atoms with Crippen LogP contribution in [0.2, 0.25) is 0 Å². The molecule has 0 aromatic rings. The van der Waals surface area contributed by atoms with E-state index in [0.717, 1.165) is 18.5 Å². The van der Waals surface area contributed by atoms with E-state index in [2.05, 4.69) is 42.8 Å². The first kappa shape index (κ1) is 15.3. The van der Waals surface area contributed by atoms with Crippen molar-refractivity contribution in [3.8, 4) is 0 Å². The smallest absolute Gasteiger partial charge is 0.0235 e. The first-order valence-corrected chi connectivity index (χ1v) is 8.29. The maximum atomic E-state index is 3.58. The van der Waals surface area contributed by atoms with E-state index in [1.54, 1.807) is 0 Å². The normalized spacial score (nSPS) is 29.2. The molecule has 0 spiro atoms. The molecule has 2 aliphatic rings. The summed E-state index contributed by atoms with van der Waals surface area (Å²) in [5, 5.41) is 3.58. The molecule has 112 valence electrons. The quantitative estimate of drug-likeness (QED) is 0.796. The van der Waals surface area contributed by atoms with E-state index >= 15 is 0 Å². The maximum absolute atomic E-state index is 3.58. The van der Waals surface area contributed by atoms with E-state index in [9.17, 15) is 0 Å². The highest BCUT2D eigenvalue weighted by molar-refractivity contribution is 4.89. The highest BCUT2D eigenvalue weighted by atomic mass is 15.3. The summed E-state index contributed by atoms with van der Waals surface area (Å²) in [6.07, 6.45) is 4.22. The molecular weight excluding hydrogens is 234 g/mol. The van der Waals surface area contributed by atoms with Crippen LogP contribution in [0.5, 0.6) is 0 Å². The molecule has 0 bridgehead atoms. The summed E-state index contributed by atoms with van der Waals surface area (Å²) in [7, 11) is 0. The van der Waals surface area contributed by atoms with Gasteiger partial charge in [0.25, 0.3) is 0 Å². The van der Waals surface area contributed by atoms with Gasteiger partial charge in [0, 0.05) is 31.2 Å². The van der Waals surface area contributed by atoms with E-state index < -0.39 is 0 Å². The van der Waals surface area contributed by atoms with E-state index in [-0.39, 0.29) is 0 Å². The van der Waals surface area contributed by atoms with Crippen LogP contribution in [0.3, 0.4) is 0 Å². The van der Waals surface area contributed by atoms with Crippen LogP contribution in [0.1, 0.15) is 47.0 Å². The van der Waals surface area contributed by atoms with Gasteiger partial charge in [0.15, 0.2) is 0 Å². The number of nitrogens with zero attached hydrogens (tertiary/aromatic N) is 2. The molecule has 2 saturated heterocycles. The fraction of sp³-hybridized carbons (Fsp3) is 1.00. The third kappa shape index (κ3) is 4.17. The van der Waals surface area contributed by atoms with Crippen molar-refractivity contribution in [2.45, 2.75) is 65.1 Å². The molecule has 0 aromatic heterocycles. The third-order valence-electron chi connectivity index (χ3n) is 5.10. The summed E-state index contributed by atoms with van der Waals surface area (Å²) >= 11 is 0. The Hall–Kier alpha value is -0.120. The van der Waals surface area contributed by atoms with Gasteiger partial charge in [-0.15, -0.1) is 0 Å². The second-order valence-corrected chi connectivity index (χ2v) is 6.96. The molecule has 3 heteroatoms. The fourth-order valence-electron chi connectivity index (χ4n) is 3.49. The molecule has 0 saturated carbocycles. The van der Waals surface area contributed by atoms with Gasteiger partial charge in [-0.25, -0.2) is 0 Å². The summed E-state index contributed by atoms with van der Waals surface area (Å²) in [6.45, 7) is 15.7. The zero-order valence-corrected chi connectivity index (χ0v) is 13.4. The Morgan fingerprint density at radius 3 is 2.37 bits per heavy atom. The van der Waals surface area contributed by atoms with Crippen LogP contribution in [0, 0.1) is 5.92 Å². The van der Waals surface area contributed by atoms with Crippen LogP contribution in [0.15, 0.2) is 0 Å². The summed E-state index contributed by atoms with van der Waals surface area (Å²) in [6, 6.07) is 2.15. The molecule has 3 atom stereocenters. The lowest BCUT2D eigenvalue weighted by molar-refractivity contribution is 0.170. The van der Waals surface area contributed by atoms with Crippen molar-refractivity contribution in [2.24, 2.45) is 5.92 Å². The Morgan fingerprint density at radius 2 is 1.74 bits per heavy atom. The van der Waals surface area contributed by atoms with Gasteiger partial charge in [-0.05, 0) is 51.7 Å². The van der Waals surface area contributed by atoms with Gasteiger partial charge in [-0.2, -0.15) is 0 Å². The number of likely N-dealkylation sites (tertiary alicyclic amines) is 2. The fourth-order valence-corrected chi connectivity index (χ4v) is 3.49. The third-order valence-corrected chi connectivity index (χ3v) is 5.10. The second-order valence-electron chi connectivity index (χ2n) is 6.96. The number of hydrogen-bond donors (Lipinski definition) is 1. The topological polar surface area (TPSA) is 18.5 Å². The zero-order valence-electron chi connectivity index (χ0n) is 13.4. The van der Waals surface area contributed by atoms with Crippen LogP contribution in [0.25, 0.3) is 0 Å². The molecule has 3 nitrogen and oxygen atoms in total. The van der Waals surface area contributed by atoms with E-state index in [4.69, 9.17) is 0 Å². The summed E-state index contributed by atoms with van der Waals surface area (Å²) < 4.78 is 0. The predicted octanol–water partition coefficient (Wildman–Crippen LogP) is 2.18. The number of nitrogens with one attached hydrogen (secondary N) is 1. The molecule has 3 unspecified atom stereocenters. The number of hydrogen-bond acceptors (Lipinski definition) is 3. The number of rotatable bonds is 6. The molecule has 0 aromatic carbocycles. The van der Waals surface area contributed by atoms with Gasteiger partial charge >= 0.3 is 0 Å². The van der Waals surface area contributed by atoms with Gasteiger partial charge < -0.3 is 5.32 Å². The van der Waals surface area contributed by atoms with Gasteiger partial charge in [0.05, 0.1) is 0 Å². The van der Waals surface area contributed by atoms with E-state index in [0.29, 0.717) is 12.1 Å². The largest absolute Gasteiger partial charge is 0.314 e. The standard InChI is InChI=1S/C16H33N3/c1-13(2)17-11-14(3)15(4)19-10-7-16(12-19)18-8-5-6-9-18/h13-17H,5-12H2,1-4H3. The Balaban J connectivity index is 1.75. The lowest BCUT2D eigenvalue weighted by atomic mass is 10.0. The Labute approximate surface area is 119 Å². The second kappa shape index (κ2) is 7.05. The first-order valence-electron chi connectivity index (χ1n) is 8.29. The van der Waals surface area contributed by atoms with Crippen molar-refractivity contribution in [1.29, 1.82) is 0 Å². The molecule has 1 N–H and O–H groups in total.